The molecule has 0 spiro atoms. The minimum Gasteiger partial charge on any atom is -0.444 e. The van der Waals surface area contributed by atoms with Gasteiger partial charge in [0.05, 0.1) is 17.5 Å². The molecule has 0 radical (unpaired) electrons. The Labute approximate surface area is 161 Å². The first-order chi connectivity index (χ1) is 12.7. The maximum Gasteiger partial charge on any atom is 0.410 e. The third-order valence-electron chi connectivity index (χ3n) is 4.94. The fraction of sp³-hybridized carbons (Fsp3) is 0.556. The average Bonchev–Trinajstić information content (AvgIpc) is 2.87. The molecule has 27 heavy (non-hydrogen) atoms. The summed E-state index contributed by atoms with van der Waals surface area (Å²) in [4.78, 5) is 28.8. The highest BCUT2D eigenvalue weighted by atomic mass is 35.5. The molecule has 4 heterocycles. The van der Waals surface area contributed by atoms with Crippen molar-refractivity contribution in [3.8, 4) is 0 Å². The first-order valence-electron chi connectivity index (χ1n) is 8.95. The van der Waals surface area contributed by atoms with Crippen LogP contribution in [0.3, 0.4) is 0 Å². The average molecular weight is 394 g/mol. The van der Waals surface area contributed by atoms with Crippen LogP contribution in [0.1, 0.15) is 33.6 Å². The highest BCUT2D eigenvalue weighted by molar-refractivity contribution is 6.30. The highest BCUT2D eigenvalue weighted by Gasteiger charge is 2.44. The van der Waals surface area contributed by atoms with Crippen LogP contribution in [-0.2, 0) is 4.74 Å². The maximum absolute atomic E-state index is 14.3. The van der Waals surface area contributed by atoms with Gasteiger partial charge in [-0.1, -0.05) is 11.6 Å². The second kappa shape index (κ2) is 6.44. The second-order valence-electron chi connectivity index (χ2n) is 8.00. The van der Waals surface area contributed by atoms with Crippen molar-refractivity contribution < 1.29 is 13.9 Å². The molecular weight excluding hydrogens is 373 g/mol. The zero-order valence-corrected chi connectivity index (χ0v) is 16.2. The van der Waals surface area contributed by atoms with E-state index in [-0.39, 0.29) is 28.8 Å². The van der Waals surface area contributed by atoms with Gasteiger partial charge in [0, 0.05) is 19.3 Å². The van der Waals surface area contributed by atoms with E-state index in [1.165, 1.54) is 12.5 Å². The predicted octanol–water partition coefficient (Wildman–Crippen LogP) is 3.41. The number of halogens is 2. The summed E-state index contributed by atoms with van der Waals surface area (Å²) in [7, 11) is 0. The van der Waals surface area contributed by atoms with Gasteiger partial charge >= 0.3 is 6.09 Å². The van der Waals surface area contributed by atoms with Gasteiger partial charge in [0.15, 0.2) is 11.0 Å². The van der Waals surface area contributed by atoms with Gasteiger partial charge in [-0.2, -0.15) is 0 Å². The van der Waals surface area contributed by atoms with Crippen molar-refractivity contribution in [2.75, 3.05) is 18.0 Å². The van der Waals surface area contributed by atoms with Crippen molar-refractivity contribution in [1.82, 2.24) is 19.9 Å². The summed E-state index contributed by atoms with van der Waals surface area (Å²) in [5.41, 5.74) is -0.374. The molecule has 144 valence electrons. The van der Waals surface area contributed by atoms with Gasteiger partial charge in [0.2, 0.25) is 0 Å². The number of amides is 1. The summed E-state index contributed by atoms with van der Waals surface area (Å²) in [5, 5.41) is 0.312. The molecule has 4 rings (SSSR count). The molecule has 0 aromatic carbocycles. The van der Waals surface area contributed by atoms with E-state index in [4.69, 9.17) is 16.3 Å². The lowest BCUT2D eigenvalue weighted by molar-refractivity contribution is 0.0123. The normalized spacial score (nSPS) is 22.4. The van der Waals surface area contributed by atoms with E-state index in [2.05, 4.69) is 19.9 Å². The third-order valence-corrected chi connectivity index (χ3v) is 5.21. The van der Waals surface area contributed by atoms with Crippen molar-refractivity contribution in [3.63, 3.8) is 0 Å². The number of anilines is 1. The quantitative estimate of drug-likeness (QED) is 0.691. The standard InChI is InChI=1S/C18H21ClFN5O2/c1-18(2,3)27-17(26)25-10-4-5-11(25)8-24(7-10)16-12-6-21-15(19)13(20)14(12)22-9-23-16/h6,9-11H,4-5,7-8H2,1-3H3/t10-,11+. The number of aromatic nitrogens is 3. The van der Waals surface area contributed by atoms with Crippen LogP contribution in [-0.4, -0.2) is 56.7 Å². The van der Waals surface area contributed by atoms with Crippen LogP contribution < -0.4 is 4.90 Å². The molecule has 2 aliphatic heterocycles. The van der Waals surface area contributed by atoms with Crippen LogP contribution in [0.4, 0.5) is 15.0 Å². The van der Waals surface area contributed by atoms with E-state index < -0.39 is 11.4 Å². The lowest BCUT2D eigenvalue weighted by atomic mass is 10.1. The Hall–Kier alpha value is -2.22. The highest BCUT2D eigenvalue weighted by Crippen LogP contribution is 2.35. The SMILES string of the molecule is CC(C)(C)OC(=O)N1[C@@H]2CC[C@H]1CN(c1ncnc3c(F)c(Cl)ncc13)C2. The van der Waals surface area contributed by atoms with Gasteiger partial charge < -0.3 is 9.64 Å². The van der Waals surface area contributed by atoms with E-state index >= 15 is 0 Å². The van der Waals surface area contributed by atoms with Crippen LogP contribution in [0.15, 0.2) is 12.5 Å². The van der Waals surface area contributed by atoms with Gasteiger partial charge in [0.1, 0.15) is 23.3 Å². The van der Waals surface area contributed by atoms with Crippen LogP contribution in [0.5, 0.6) is 0 Å². The van der Waals surface area contributed by atoms with Gasteiger partial charge in [-0.05, 0) is 33.6 Å². The molecule has 0 N–H and O–H groups in total. The minimum absolute atomic E-state index is 0.0359. The largest absolute Gasteiger partial charge is 0.444 e. The first-order valence-corrected chi connectivity index (χ1v) is 9.33. The Morgan fingerprint density at radius 2 is 1.89 bits per heavy atom. The van der Waals surface area contributed by atoms with Crippen molar-refractivity contribution in [2.24, 2.45) is 0 Å². The predicted molar refractivity (Wildman–Crippen MR) is 99.4 cm³/mol. The zero-order valence-electron chi connectivity index (χ0n) is 15.4. The molecule has 9 heteroatoms. The number of hydrogen-bond donors (Lipinski definition) is 0. The van der Waals surface area contributed by atoms with Crippen LogP contribution >= 0.6 is 11.6 Å². The summed E-state index contributed by atoms with van der Waals surface area (Å²) in [5.74, 6) is -0.0306. The summed E-state index contributed by atoms with van der Waals surface area (Å²) in [6.45, 7) is 6.80. The molecule has 2 aromatic heterocycles. The first kappa shape index (κ1) is 18.2. The van der Waals surface area contributed by atoms with E-state index in [0.717, 1.165) is 12.8 Å². The smallest absolute Gasteiger partial charge is 0.410 e. The van der Waals surface area contributed by atoms with E-state index in [1.54, 1.807) is 0 Å². The molecular formula is C18H21ClFN5O2. The number of piperazine rings is 1. The Morgan fingerprint density at radius 1 is 1.22 bits per heavy atom. The third kappa shape index (κ3) is 3.26. The van der Waals surface area contributed by atoms with E-state index in [0.29, 0.717) is 24.3 Å². The number of nitrogens with zero attached hydrogens (tertiary/aromatic N) is 5. The second-order valence-corrected chi connectivity index (χ2v) is 8.36. The van der Waals surface area contributed by atoms with E-state index in [9.17, 15) is 9.18 Å². The molecule has 0 unspecified atom stereocenters. The van der Waals surface area contributed by atoms with Crippen molar-refractivity contribution in [2.45, 2.75) is 51.3 Å². The van der Waals surface area contributed by atoms with Crippen molar-refractivity contribution in [3.05, 3.63) is 23.5 Å². The number of carbonyl (C=O) groups is 1. The molecule has 2 aromatic rings. The zero-order chi connectivity index (χ0) is 19.3. The molecule has 2 aliphatic rings. The van der Waals surface area contributed by atoms with Crippen molar-refractivity contribution >= 4 is 34.4 Å². The molecule has 1 amide bonds. The van der Waals surface area contributed by atoms with Gasteiger partial charge in [-0.3, -0.25) is 4.90 Å². The van der Waals surface area contributed by atoms with Crippen LogP contribution in [0, 0.1) is 5.82 Å². The number of ether oxygens (including phenoxy) is 1. The monoisotopic (exact) mass is 393 g/mol. The summed E-state index contributed by atoms with van der Waals surface area (Å²) < 4.78 is 19.8. The lowest BCUT2D eigenvalue weighted by Gasteiger charge is -2.42. The maximum atomic E-state index is 14.3. The summed E-state index contributed by atoms with van der Waals surface area (Å²) >= 11 is 5.77. The summed E-state index contributed by atoms with van der Waals surface area (Å²) in [6.07, 6.45) is 4.36. The van der Waals surface area contributed by atoms with Crippen molar-refractivity contribution in [1.29, 1.82) is 0 Å². The summed E-state index contributed by atoms with van der Waals surface area (Å²) in [6, 6.07) is 0.0717. The van der Waals surface area contributed by atoms with Gasteiger partial charge in [-0.15, -0.1) is 0 Å². The fourth-order valence-corrected chi connectivity index (χ4v) is 4.03. The molecule has 2 atom stereocenters. The number of pyridine rings is 1. The molecule has 2 fully saturated rings. The number of hydrogen-bond acceptors (Lipinski definition) is 6. The Balaban J connectivity index is 1.62. The van der Waals surface area contributed by atoms with Gasteiger partial charge in [-0.25, -0.2) is 24.1 Å². The topological polar surface area (TPSA) is 71.5 Å². The molecule has 2 saturated heterocycles. The number of rotatable bonds is 1. The number of carbonyl (C=O) groups excluding carboxylic acids is 1. The molecule has 7 nitrogen and oxygen atoms in total. The molecule has 0 saturated carbocycles. The van der Waals surface area contributed by atoms with Gasteiger partial charge in [0.25, 0.3) is 0 Å². The Bertz CT molecular complexity index is 889. The number of fused-ring (bicyclic) bond motifs is 3. The van der Waals surface area contributed by atoms with E-state index in [1.807, 2.05) is 25.7 Å². The minimum atomic E-state index is -0.645. The Morgan fingerprint density at radius 3 is 2.52 bits per heavy atom. The molecule has 0 aliphatic carbocycles. The molecule has 2 bridgehead atoms. The van der Waals surface area contributed by atoms with Crippen LogP contribution in [0.2, 0.25) is 5.15 Å². The fourth-order valence-electron chi connectivity index (χ4n) is 3.90. The lowest BCUT2D eigenvalue weighted by Crippen LogP contribution is -2.57. The van der Waals surface area contributed by atoms with Crippen LogP contribution in [0.25, 0.3) is 10.9 Å². The Kier molecular flexibility index (Phi) is 4.33.